The molecule has 0 bridgehead atoms. The minimum Gasteiger partial charge on any atom is -0.350 e. The van der Waals surface area contributed by atoms with Gasteiger partial charge >= 0.3 is 0 Å². The van der Waals surface area contributed by atoms with Crippen LogP contribution in [0.25, 0.3) is 0 Å². The van der Waals surface area contributed by atoms with Gasteiger partial charge in [0.1, 0.15) is 10.6 Å². The first-order valence-electron chi connectivity index (χ1n) is 10.2. The van der Waals surface area contributed by atoms with Gasteiger partial charge in [-0.25, -0.2) is 8.42 Å². The molecule has 3 aliphatic rings. The van der Waals surface area contributed by atoms with Crippen LogP contribution in [0.3, 0.4) is 0 Å². The number of likely N-dealkylation sites (tertiary alicyclic amines) is 1. The number of hydrogen-bond acceptors (Lipinski definition) is 5. The van der Waals surface area contributed by atoms with Gasteiger partial charge in [0.15, 0.2) is 6.29 Å². The molecular weight excluding hydrogens is 382 g/mol. The summed E-state index contributed by atoms with van der Waals surface area (Å²) in [5.41, 5.74) is 0.407. The maximum Gasteiger partial charge on any atom is 0.270 e. The lowest BCUT2D eigenvalue weighted by atomic mass is 9.97. The minimum atomic E-state index is -3.55. The number of amides is 1. The van der Waals surface area contributed by atoms with E-state index in [1.807, 2.05) is 0 Å². The van der Waals surface area contributed by atoms with Crippen LogP contribution in [0.4, 0.5) is 0 Å². The normalized spacial score (nSPS) is 25.3. The lowest BCUT2D eigenvalue weighted by Gasteiger charge is -2.34. The summed E-state index contributed by atoms with van der Waals surface area (Å²) in [5, 5.41) is 0. The second-order valence-electron chi connectivity index (χ2n) is 7.90. The van der Waals surface area contributed by atoms with Crippen molar-refractivity contribution in [2.24, 2.45) is 13.0 Å². The highest BCUT2D eigenvalue weighted by Crippen LogP contribution is 2.27. The van der Waals surface area contributed by atoms with Crippen molar-refractivity contribution in [1.29, 1.82) is 0 Å². The Hall–Kier alpha value is -1.42. The van der Waals surface area contributed by atoms with Crippen molar-refractivity contribution in [2.75, 3.05) is 39.4 Å². The van der Waals surface area contributed by atoms with E-state index in [-0.39, 0.29) is 23.0 Å². The number of rotatable bonds is 4. The second kappa shape index (κ2) is 8.14. The molecule has 4 heterocycles. The molecule has 3 aliphatic heterocycles. The Morgan fingerprint density at radius 3 is 2.50 bits per heavy atom. The van der Waals surface area contributed by atoms with Crippen molar-refractivity contribution in [3.63, 3.8) is 0 Å². The number of carbonyl (C=O) groups is 1. The number of aromatic nitrogens is 1. The van der Waals surface area contributed by atoms with E-state index >= 15 is 0 Å². The maximum atomic E-state index is 13.1. The molecular formula is C19H29N3O5S. The number of hydrogen-bond donors (Lipinski definition) is 0. The summed E-state index contributed by atoms with van der Waals surface area (Å²) in [7, 11) is -1.82. The number of carbonyl (C=O) groups excluding carboxylic acids is 1. The number of sulfonamides is 1. The van der Waals surface area contributed by atoms with Crippen LogP contribution >= 0.6 is 0 Å². The molecule has 28 heavy (non-hydrogen) atoms. The fraction of sp³-hybridized carbons (Fsp3) is 0.737. The Balaban J connectivity index is 1.50. The van der Waals surface area contributed by atoms with E-state index in [4.69, 9.17) is 9.47 Å². The average Bonchev–Trinajstić information content (AvgIpc) is 3.38. The summed E-state index contributed by atoms with van der Waals surface area (Å²) >= 11 is 0. The Morgan fingerprint density at radius 1 is 1.07 bits per heavy atom. The Kier molecular flexibility index (Phi) is 5.78. The van der Waals surface area contributed by atoms with Gasteiger partial charge in [0.05, 0.1) is 13.2 Å². The smallest absolute Gasteiger partial charge is 0.270 e. The average molecular weight is 412 g/mol. The lowest BCUT2D eigenvalue weighted by Crippen LogP contribution is -2.44. The number of ether oxygens (including phenoxy) is 2. The van der Waals surface area contributed by atoms with Crippen molar-refractivity contribution in [3.8, 4) is 0 Å². The first-order valence-corrected chi connectivity index (χ1v) is 11.6. The predicted molar refractivity (Wildman–Crippen MR) is 102 cm³/mol. The van der Waals surface area contributed by atoms with Crippen LogP contribution in [0.1, 0.15) is 42.6 Å². The van der Waals surface area contributed by atoms with Gasteiger partial charge in [-0.3, -0.25) is 4.79 Å². The molecule has 1 aromatic rings. The van der Waals surface area contributed by atoms with E-state index in [0.29, 0.717) is 45.1 Å². The highest BCUT2D eigenvalue weighted by Gasteiger charge is 2.34. The van der Waals surface area contributed by atoms with Gasteiger partial charge < -0.3 is 18.9 Å². The van der Waals surface area contributed by atoms with E-state index in [1.165, 1.54) is 10.4 Å². The van der Waals surface area contributed by atoms with Crippen LogP contribution in [0.5, 0.6) is 0 Å². The molecule has 0 saturated carbocycles. The summed E-state index contributed by atoms with van der Waals surface area (Å²) in [4.78, 5) is 15.1. The number of piperidine rings is 2. The van der Waals surface area contributed by atoms with Gasteiger partial charge in [-0.1, -0.05) is 6.42 Å². The third-order valence-corrected chi connectivity index (χ3v) is 7.79. The van der Waals surface area contributed by atoms with Crippen molar-refractivity contribution >= 4 is 15.9 Å². The summed E-state index contributed by atoms with van der Waals surface area (Å²) in [6, 6.07) is 1.53. The molecule has 1 atom stereocenters. The zero-order valence-electron chi connectivity index (χ0n) is 16.4. The lowest BCUT2D eigenvalue weighted by molar-refractivity contribution is -0.0969. The van der Waals surface area contributed by atoms with Crippen LogP contribution in [0.15, 0.2) is 17.2 Å². The molecule has 8 nitrogen and oxygen atoms in total. The number of aryl methyl sites for hydroxylation is 1. The van der Waals surface area contributed by atoms with Crippen molar-refractivity contribution < 1.29 is 22.7 Å². The van der Waals surface area contributed by atoms with Crippen molar-refractivity contribution in [1.82, 2.24) is 13.8 Å². The van der Waals surface area contributed by atoms with Gasteiger partial charge in [0, 0.05) is 45.3 Å². The Morgan fingerprint density at radius 2 is 1.79 bits per heavy atom. The van der Waals surface area contributed by atoms with E-state index in [2.05, 4.69) is 0 Å². The monoisotopic (exact) mass is 411 g/mol. The highest BCUT2D eigenvalue weighted by molar-refractivity contribution is 7.89. The topological polar surface area (TPSA) is 81.1 Å². The molecule has 0 spiro atoms. The zero-order chi connectivity index (χ0) is 19.7. The first-order chi connectivity index (χ1) is 13.5. The molecule has 3 fully saturated rings. The fourth-order valence-electron chi connectivity index (χ4n) is 4.37. The number of nitrogens with zero attached hydrogens (tertiary/aromatic N) is 3. The van der Waals surface area contributed by atoms with Crippen molar-refractivity contribution in [2.45, 2.75) is 43.3 Å². The highest BCUT2D eigenvalue weighted by atomic mass is 32.2. The van der Waals surface area contributed by atoms with Gasteiger partial charge in [-0.15, -0.1) is 0 Å². The fourth-order valence-corrected chi connectivity index (χ4v) is 5.96. The van der Waals surface area contributed by atoms with Crippen LogP contribution in [-0.2, 0) is 26.5 Å². The third kappa shape index (κ3) is 3.85. The van der Waals surface area contributed by atoms with Gasteiger partial charge in [-0.05, 0) is 31.7 Å². The molecule has 0 N–H and O–H groups in total. The molecule has 9 heteroatoms. The van der Waals surface area contributed by atoms with E-state index < -0.39 is 10.0 Å². The minimum absolute atomic E-state index is 0.134. The molecule has 0 aliphatic carbocycles. The summed E-state index contributed by atoms with van der Waals surface area (Å²) < 4.78 is 40.3. The third-order valence-electron chi connectivity index (χ3n) is 5.93. The molecule has 0 radical (unpaired) electrons. The standard InChI is InChI=1S/C19H29N3O5S/c1-20-14-16(28(24,25)22-8-3-2-4-9-22)12-17(20)18(23)21-7-5-6-15(13-21)19-26-10-11-27-19/h12,14-15,19H,2-11,13H2,1H3. The zero-order valence-corrected chi connectivity index (χ0v) is 17.2. The Labute approximate surface area is 166 Å². The van der Waals surface area contributed by atoms with Crippen LogP contribution < -0.4 is 0 Å². The van der Waals surface area contributed by atoms with E-state index in [1.54, 1.807) is 22.7 Å². The van der Waals surface area contributed by atoms with Gasteiger partial charge in [-0.2, -0.15) is 4.31 Å². The molecule has 4 rings (SSSR count). The molecule has 156 valence electrons. The van der Waals surface area contributed by atoms with Crippen molar-refractivity contribution in [3.05, 3.63) is 18.0 Å². The van der Waals surface area contributed by atoms with Gasteiger partial charge in [0.25, 0.3) is 5.91 Å². The van der Waals surface area contributed by atoms with Gasteiger partial charge in [0.2, 0.25) is 10.0 Å². The molecule has 1 unspecified atom stereocenters. The predicted octanol–water partition coefficient (Wildman–Crippen LogP) is 1.42. The summed E-state index contributed by atoms with van der Waals surface area (Å²) in [6.45, 7) is 3.55. The first kappa shape index (κ1) is 19.9. The maximum absolute atomic E-state index is 13.1. The van der Waals surface area contributed by atoms with E-state index in [9.17, 15) is 13.2 Å². The second-order valence-corrected chi connectivity index (χ2v) is 9.84. The molecule has 1 aromatic heterocycles. The molecule has 1 amide bonds. The van der Waals surface area contributed by atoms with Crippen LogP contribution in [0, 0.1) is 5.92 Å². The molecule has 0 aromatic carbocycles. The largest absolute Gasteiger partial charge is 0.350 e. The Bertz CT molecular complexity index is 810. The summed E-state index contributed by atoms with van der Waals surface area (Å²) in [6.07, 6.45) is 6.02. The summed E-state index contributed by atoms with van der Waals surface area (Å²) in [5.74, 6) is 0.0299. The molecule has 3 saturated heterocycles. The SMILES string of the molecule is Cn1cc(S(=O)(=O)N2CCCCC2)cc1C(=O)N1CCCC(C2OCCO2)C1. The van der Waals surface area contributed by atoms with Crippen LogP contribution in [-0.4, -0.2) is 73.8 Å². The van der Waals surface area contributed by atoms with E-state index in [0.717, 1.165) is 32.1 Å². The quantitative estimate of drug-likeness (QED) is 0.749. The van der Waals surface area contributed by atoms with Crippen LogP contribution in [0.2, 0.25) is 0 Å².